The summed E-state index contributed by atoms with van der Waals surface area (Å²) in [5.74, 6) is -2.79. The molecule has 0 saturated heterocycles. The van der Waals surface area contributed by atoms with E-state index >= 15 is 0 Å². The van der Waals surface area contributed by atoms with Crippen LogP contribution < -0.4 is 5.32 Å². The lowest BCUT2D eigenvalue weighted by atomic mass is 9.98. The third-order valence-electron chi connectivity index (χ3n) is 6.06. The zero-order valence-corrected chi connectivity index (χ0v) is 18.6. The molecular weight excluding hydrogens is 439 g/mol. The Hall–Kier alpha value is -4.20. The van der Waals surface area contributed by atoms with Crippen molar-refractivity contribution < 1.29 is 28.6 Å². The minimum absolute atomic E-state index is 0.0359. The second-order valence-corrected chi connectivity index (χ2v) is 8.08. The molecule has 0 bridgehead atoms. The Morgan fingerprint density at radius 3 is 2.18 bits per heavy atom. The van der Waals surface area contributed by atoms with E-state index in [1.165, 1.54) is 26.1 Å². The Kier molecular flexibility index (Phi) is 6.32. The molecule has 0 spiro atoms. The van der Waals surface area contributed by atoms with E-state index in [9.17, 15) is 18.8 Å². The van der Waals surface area contributed by atoms with Crippen molar-refractivity contribution in [1.82, 2.24) is 4.90 Å². The highest BCUT2D eigenvalue weighted by molar-refractivity contribution is 5.97. The first kappa shape index (κ1) is 23.0. The summed E-state index contributed by atoms with van der Waals surface area (Å²) in [5, 5.41) is 11.4. The predicted octanol–water partition coefficient (Wildman–Crippen LogP) is 4.73. The van der Waals surface area contributed by atoms with Gasteiger partial charge in [-0.15, -0.1) is 0 Å². The molecule has 1 aliphatic carbocycles. The number of hydrogen-bond acceptors (Lipinski definition) is 4. The minimum atomic E-state index is -1.18. The van der Waals surface area contributed by atoms with Gasteiger partial charge < -0.3 is 14.7 Å². The second kappa shape index (κ2) is 9.35. The first-order chi connectivity index (χ1) is 16.3. The zero-order chi connectivity index (χ0) is 24.4. The van der Waals surface area contributed by atoms with E-state index in [0.29, 0.717) is 0 Å². The number of carboxylic acids is 1. The minimum Gasteiger partial charge on any atom is -0.480 e. The van der Waals surface area contributed by atoms with E-state index in [1.807, 2.05) is 48.5 Å². The number of carbonyl (C=O) groups excluding carboxylic acids is 2. The molecule has 0 heterocycles. The van der Waals surface area contributed by atoms with E-state index < -0.39 is 29.8 Å². The number of benzene rings is 3. The van der Waals surface area contributed by atoms with Gasteiger partial charge in [-0.05, 0) is 47.4 Å². The fraction of sp³-hybridized carbons (Fsp3) is 0.192. The summed E-state index contributed by atoms with van der Waals surface area (Å²) in [4.78, 5) is 36.9. The van der Waals surface area contributed by atoms with Gasteiger partial charge in [-0.1, -0.05) is 48.5 Å². The maximum Gasteiger partial charge on any atom is 0.411 e. The van der Waals surface area contributed by atoms with E-state index in [1.54, 1.807) is 0 Å². The standard InChI is InChI=1S/C26H23FN2O5/c1-15(25(31)32)29(2)24(30)16-11-12-23(22(27)13-16)28-26(33)34-14-21-19-9-5-3-7-17(19)18-8-4-6-10-20(18)21/h3-13,15,21H,14H2,1-2H3,(H,28,33)(H,31,32). The lowest BCUT2D eigenvalue weighted by molar-refractivity contribution is -0.141. The van der Waals surface area contributed by atoms with Crippen molar-refractivity contribution in [3.8, 4) is 11.1 Å². The molecule has 0 aromatic heterocycles. The number of carbonyl (C=O) groups is 3. The highest BCUT2D eigenvalue weighted by Gasteiger charge is 2.29. The van der Waals surface area contributed by atoms with Crippen LogP contribution >= 0.6 is 0 Å². The van der Waals surface area contributed by atoms with Gasteiger partial charge in [0.05, 0.1) is 5.69 Å². The maximum atomic E-state index is 14.6. The number of likely N-dealkylation sites (N-methyl/N-ethyl adjacent to an activating group) is 1. The van der Waals surface area contributed by atoms with E-state index in [4.69, 9.17) is 9.84 Å². The number of nitrogens with zero attached hydrogens (tertiary/aromatic N) is 1. The Morgan fingerprint density at radius 1 is 1.03 bits per heavy atom. The number of carboxylic acid groups (broad SMARTS) is 1. The number of rotatable bonds is 6. The van der Waals surface area contributed by atoms with Crippen molar-refractivity contribution in [2.24, 2.45) is 0 Å². The van der Waals surface area contributed by atoms with Gasteiger partial charge in [-0.2, -0.15) is 0 Å². The summed E-state index contributed by atoms with van der Waals surface area (Å²) in [6.07, 6.45) is -0.823. The Balaban J connectivity index is 1.42. The molecule has 2 amide bonds. The number of amides is 2. The quantitative estimate of drug-likeness (QED) is 0.552. The van der Waals surface area contributed by atoms with Crippen molar-refractivity contribution in [2.75, 3.05) is 19.0 Å². The number of nitrogens with one attached hydrogen (secondary N) is 1. The average Bonchev–Trinajstić information content (AvgIpc) is 3.16. The number of hydrogen-bond donors (Lipinski definition) is 2. The molecule has 4 rings (SSSR count). The molecule has 3 aromatic carbocycles. The molecule has 174 valence electrons. The molecule has 2 N–H and O–H groups in total. The summed E-state index contributed by atoms with van der Waals surface area (Å²) in [5.41, 5.74) is 4.13. The van der Waals surface area contributed by atoms with Crippen LogP contribution in [0.2, 0.25) is 0 Å². The van der Waals surface area contributed by atoms with Crippen LogP contribution in [0.5, 0.6) is 0 Å². The summed E-state index contributed by atoms with van der Waals surface area (Å²) >= 11 is 0. The summed E-state index contributed by atoms with van der Waals surface area (Å²) in [6, 6.07) is 18.3. The first-order valence-corrected chi connectivity index (χ1v) is 10.7. The average molecular weight is 462 g/mol. The molecule has 0 radical (unpaired) electrons. The van der Waals surface area contributed by atoms with Crippen molar-refractivity contribution in [2.45, 2.75) is 18.9 Å². The summed E-state index contributed by atoms with van der Waals surface area (Å²) in [6.45, 7) is 1.43. The fourth-order valence-electron chi connectivity index (χ4n) is 4.04. The van der Waals surface area contributed by atoms with Crippen molar-refractivity contribution in [1.29, 1.82) is 0 Å². The molecule has 34 heavy (non-hydrogen) atoms. The highest BCUT2D eigenvalue weighted by atomic mass is 19.1. The van der Waals surface area contributed by atoms with Crippen LogP contribution in [0.3, 0.4) is 0 Å². The molecular formula is C26H23FN2O5. The largest absolute Gasteiger partial charge is 0.480 e. The molecule has 0 saturated carbocycles. The van der Waals surface area contributed by atoms with Gasteiger partial charge in [-0.25, -0.2) is 14.0 Å². The van der Waals surface area contributed by atoms with Gasteiger partial charge in [-0.3, -0.25) is 10.1 Å². The lowest BCUT2D eigenvalue weighted by Crippen LogP contribution is -2.40. The third-order valence-corrected chi connectivity index (χ3v) is 6.06. The van der Waals surface area contributed by atoms with Crippen LogP contribution in [0.25, 0.3) is 11.1 Å². The van der Waals surface area contributed by atoms with Crippen LogP contribution in [-0.2, 0) is 9.53 Å². The van der Waals surface area contributed by atoms with E-state index in [2.05, 4.69) is 5.32 Å². The molecule has 1 aliphatic rings. The molecule has 0 fully saturated rings. The first-order valence-electron chi connectivity index (χ1n) is 10.7. The predicted molar refractivity (Wildman–Crippen MR) is 124 cm³/mol. The van der Waals surface area contributed by atoms with Crippen molar-refractivity contribution in [3.05, 3.63) is 89.2 Å². The Labute approximate surface area is 195 Å². The van der Waals surface area contributed by atoms with Gasteiger partial charge in [0.1, 0.15) is 18.5 Å². The van der Waals surface area contributed by atoms with Crippen LogP contribution in [0.15, 0.2) is 66.7 Å². The van der Waals surface area contributed by atoms with Crippen LogP contribution in [0.1, 0.15) is 34.3 Å². The van der Waals surface area contributed by atoms with Gasteiger partial charge in [0.2, 0.25) is 0 Å². The number of anilines is 1. The smallest absolute Gasteiger partial charge is 0.411 e. The van der Waals surface area contributed by atoms with Gasteiger partial charge >= 0.3 is 12.1 Å². The van der Waals surface area contributed by atoms with E-state index in [0.717, 1.165) is 33.2 Å². The summed E-state index contributed by atoms with van der Waals surface area (Å²) in [7, 11) is 1.32. The molecule has 0 aliphatic heterocycles. The third kappa shape index (κ3) is 4.34. The highest BCUT2D eigenvalue weighted by Crippen LogP contribution is 2.44. The van der Waals surface area contributed by atoms with E-state index in [-0.39, 0.29) is 23.8 Å². The van der Waals surface area contributed by atoms with Crippen molar-refractivity contribution in [3.63, 3.8) is 0 Å². The van der Waals surface area contributed by atoms with Crippen LogP contribution in [0, 0.1) is 5.82 Å². The van der Waals surface area contributed by atoms with Crippen LogP contribution in [-0.4, -0.2) is 47.7 Å². The van der Waals surface area contributed by atoms with Crippen molar-refractivity contribution >= 4 is 23.7 Å². The second-order valence-electron chi connectivity index (χ2n) is 8.08. The monoisotopic (exact) mass is 462 g/mol. The number of ether oxygens (including phenoxy) is 1. The number of fused-ring (bicyclic) bond motifs is 3. The SMILES string of the molecule is CC(C(=O)O)N(C)C(=O)c1ccc(NC(=O)OCC2c3ccccc3-c3ccccc32)c(F)c1. The summed E-state index contributed by atoms with van der Waals surface area (Å²) < 4.78 is 20.0. The lowest BCUT2D eigenvalue weighted by Gasteiger charge is -2.21. The molecule has 1 atom stereocenters. The molecule has 3 aromatic rings. The number of halogens is 1. The zero-order valence-electron chi connectivity index (χ0n) is 18.6. The molecule has 8 heteroatoms. The van der Waals surface area contributed by atoms with Gasteiger partial charge in [0.15, 0.2) is 0 Å². The maximum absolute atomic E-state index is 14.6. The van der Waals surface area contributed by atoms with Gasteiger partial charge in [0, 0.05) is 18.5 Å². The Bertz CT molecular complexity index is 1230. The Morgan fingerprint density at radius 2 is 1.62 bits per heavy atom. The number of aliphatic carboxylic acids is 1. The normalized spacial score (nSPS) is 12.9. The molecule has 7 nitrogen and oxygen atoms in total. The van der Waals surface area contributed by atoms with Gasteiger partial charge in [0.25, 0.3) is 5.91 Å². The molecule has 1 unspecified atom stereocenters. The van der Waals surface area contributed by atoms with Crippen LogP contribution in [0.4, 0.5) is 14.9 Å². The fourth-order valence-corrected chi connectivity index (χ4v) is 4.04. The topological polar surface area (TPSA) is 95.9 Å².